The van der Waals surface area contributed by atoms with E-state index in [0.717, 1.165) is 16.7 Å². The van der Waals surface area contributed by atoms with Gasteiger partial charge in [0.15, 0.2) is 0 Å². The fourth-order valence-corrected chi connectivity index (χ4v) is 3.02. The number of amides is 1. The Morgan fingerprint density at radius 1 is 0.889 bits per heavy atom. The van der Waals surface area contributed by atoms with E-state index in [9.17, 15) is 4.79 Å². The fourth-order valence-electron chi connectivity index (χ4n) is 3.02. The van der Waals surface area contributed by atoms with Crippen LogP contribution >= 0.6 is 0 Å². The minimum atomic E-state index is -0.514. The maximum Gasteiger partial charge on any atom is 0.250 e. The van der Waals surface area contributed by atoms with Crippen LogP contribution in [0.25, 0.3) is 33.8 Å². The molecule has 0 saturated heterocycles. The first-order chi connectivity index (χ1) is 13.1. The van der Waals surface area contributed by atoms with Gasteiger partial charge in [0, 0.05) is 6.20 Å². The molecule has 0 spiro atoms. The third kappa shape index (κ3) is 3.28. The standard InChI is InChI=1S/C21H17N5O/c22-20(27)16-12-18(17-9-10-24-21(23)26-17)25-19(16)15-8-4-7-14(11-15)13-5-2-1-3-6-13/h1-12,25H,(H2,22,27)(H2,23,24,26). The molecule has 0 aliphatic heterocycles. The van der Waals surface area contributed by atoms with Crippen LogP contribution in [-0.2, 0) is 0 Å². The van der Waals surface area contributed by atoms with Crippen LogP contribution in [0.5, 0.6) is 0 Å². The molecule has 0 bridgehead atoms. The van der Waals surface area contributed by atoms with E-state index in [-0.39, 0.29) is 5.95 Å². The number of nitrogens with zero attached hydrogens (tertiary/aromatic N) is 2. The van der Waals surface area contributed by atoms with Crippen LogP contribution in [0.4, 0.5) is 5.95 Å². The van der Waals surface area contributed by atoms with Crippen molar-refractivity contribution < 1.29 is 4.79 Å². The number of H-pyrrole nitrogens is 1. The Balaban J connectivity index is 1.83. The van der Waals surface area contributed by atoms with Crippen molar-refractivity contribution in [1.82, 2.24) is 15.0 Å². The molecule has 4 rings (SSSR count). The summed E-state index contributed by atoms with van der Waals surface area (Å²) in [6.07, 6.45) is 1.57. The molecule has 0 radical (unpaired) electrons. The maximum absolute atomic E-state index is 12.0. The summed E-state index contributed by atoms with van der Waals surface area (Å²) >= 11 is 0. The van der Waals surface area contributed by atoms with Crippen molar-refractivity contribution in [1.29, 1.82) is 0 Å². The Kier molecular flexibility index (Phi) is 4.14. The van der Waals surface area contributed by atoms with Crippen LogP contribution in [-0.4, -0.2) is 20.9 Å². The average molecular weight is 355 g/mol. The van der Waals surface area contributed by atoms with Gasteiger partial charge >= 0.3 is 0 Å². The number of hydrogen-bond acceptors (Lipinski definition) is 4. The first-order valence-corrected chi connectivity index (χ1v) is 8.39. The van der Waals surface area contributed by atoms with Crippen LogP contribution in [0, 0.1) is 0 Å². The highest BCUT2D eigenvalue weighted by molar-refractivity contribution is 6.01. The molecule has 0 unspecified atom stereocenters. The van der Waals surface area contributed by atoms with Crippen LogP contribution in [0.3, 0.4) is 0 Å². The van der Waals surface area contributed by atoms with Gasteiger partial charge in [-0.15, -0.1) is 0 Å². The number of rotatable bonds is 4. The number of hydrogen-bond donors (Lipinski definition) is 3. The molecular weight excluding hydrogens is 338 g/mol. The predicted octanol–water partition coefficient (Wildman–Crippen LogP) is 3.49. The van der Waals surface area contributed by atoms with E-state index >= 15 is 0 Å². The van der Waals surface area contributed by atoms with Gasteiger partial charge in [-0.1, -0.05) is 48.5 Å². The van der Waals surface area contributed by atoms with Crippen LogP contribution < -0.4 is 11.5 Å². The zero-order valence-electron chi connectivity index (χ0n) is 14.4. The minimum absolute atomic E-state index is 0.162. The van der Waals surface area contributed by atoms with Gasteiger partial charge in [-0.3, -0.25) is 4.79 Å². The highest BCUT2D eigenvalue weighted by Crippen LogP contribution is 2.31. The lowest BCUT2D eigenvalue weighted by Gasteiger charge is -2.06. The topological polar surface area (TPSA) is 111 Å². The highest BCUT2D eigenvalue weighted by atomic mass is 16.1. The molecule has 1 amide bonds. The summed E-state index contributed by atoms with van der Waals surface area (Å²) in [5, 5.41) is 0. The lowest BCUT2D eigenvalue weighted by atomic mass is 10.0. The van der Waals surface area contributed by atoms with Crippen LogP contribution in [0.1, 0.15) is 10.4 Å². The molecule has 0 atom stereocenters. The van der Waals surface area contributed by atoms with E-state index in [2.05, 4.69) is 15.0 Å². The number of nitrogen functional groups attached to an aromatic ring is 1. The van der Waals surface area contributed by atoms with Crippen molar-refractivity contribution in [2.75, 3.05) is 5.73 Å². The number of aromatic amines is 1. The van der Waals surface area contributed by atoms with Gasteiger partial charge in [0.05, 0.1) is 22.6 Å². The van der Waals surface area contributed by atoms with Crippen molar-refractivity contribution >= 4 is 11.9 Å². The normalized spacial score (nSPS) is 10.7. The van der Waals surface area contributed by atoms with E-state index in [1.54, 1.807) is 18.3 Å². The van der Waals surface area contributed by atoms with Crippen molar-refractivity contribution in [3.05, 3.63) is 78.5 Å². The number of carbonyl (C=O) groups excluding carboxylic acids is 1. The molecule has 6 nitrogen and oxygen atoms in total. The second-order valence-electron chi connectivity index (χ2n) is 6.08. The van der Waals surface area contributed by atoms with Gasteiger partial charge < -0.3 is 16.5 Å². The molecule has 2 aromatic heterocycles. The largest absolute Gasteiger partial charge is 0.368 e. The summed E-state index contributed by atoms with van der Waals surface area (Å²) in [5.74, 6) is -0.352. The smallest absolute Gasteiger partial charge is 0.250 e. The van der Waals surface area contributed by atoms with E-state index in [0.29, 0.717) is 22.6 Å². The molecule has 27 heavy (non-hydrogen) atoms. The second-order valence-corrected chi connectivity index (χ2v) is 6.08. The number of aromatic nitrogens is 3. The molecule has 2 heterocycles. The number of primary amides is 1. The second kappa shape index (κ2) is 6.76. The summed E-state index contributed by atoms with van der Waals surface area (Å²) < 4.78 is 0. The van der Waals surface area contributed by atoms with Crippen molar-refractivity contribution in [3.8, 4) is 33.8 Å². The van der Waals surface area contributed by atoms with Gasteiger partial charge in [-0.25, -0.2) is 9.97 Å². The van der Waals surface area contributed by atoms with Gasteiger partial charge in [-0.2, -0.15) is 0 Å². The molecular formula is C21H17N5O. The van der Waals surface area contributed by atoms with Gasteiger partial charge in [0.2, 0.25) is 5.95 Å². The molecule has 0 aliphatic rings. The lowest BCUT2D eigenvalue weighted by Crippen LogP contribution is -2.11. The van der Waals surface area contributed by atoms with Gasteiger partial charge in [-0.05, 0) is 34.9 Å². The van der Waals surface area contributed by atoms with Gasteiger partial charge in [0.25, 0.3) is 5.91 Å². The first-order valence-electron chi connectivity index (χ1n) is 8.39. The zero-order valence-corrected chi connectivity index (χ0v) is 14.4. The van der Waals surface area contributed by atoms with Crippen molar-refractivity contribution in [2.24, 2.45) is 5.73 Å². The summed E-state index contributed by atoms with van der Waals surface area (Å²) in [4.78, 5) is 23.4. The fraction of sp³-hybridized carbons (Fsp3) is 0. The summed E-state index contributed by atoms with van der Waals surface area (Å²) in [6.45, 7) is 0. The van der Waals surface area contributed by atoms with Gasteiger partial charge in [0.1, 0.15) is 0 Å². The predicted molar refractivity (Wildman–Crippen MR) is 106 cm³/mol. The molecule has 0 fully saturated rings. The molecule has 0 saturated carbocycles. The third-order valence-electron chi connectivity index (χ3n) is 4.29. The first kappa shape index (κ1) is 16.5. The lowest BCUT2D eigenvalue weighted by molar-refractivity contribution is 0.100. The Morgan fingerprint density at radius 3 is 2.37 bits per heavy atom. The summed E-state index contributed by atoms with van der Waals surface area (Å²) in [7, 11) is 0. The average Bonchev–Trinajstić information content (AvgIpc) is 3.15. The Bertz CT molecular complexity index is 1120. The van der Waals surface area contributed by atoms with E-state index in [1.807, 2.05) is 54.6 Å². The van der Waals surface area contributed by atoms with Crippen LogP contribution in [0.2, 0.25) is 0 Å². The molecule has 4 aromatic rings. The maximum atomic E-state index is 12.0. The number of nitrogens with two attached hydrogens (primary N) is 2. The molecule has 5 N–H and O–H groups in total. The SMILES string of the molecule is NC(=O)c1cc(-c2ccnc(N)n2)[nH]c1-c1cccc(-c2ccccc2)c1. The number of anilines is 1. The number of carbonyl (C=O) groups is 1. The summed E-state index contributed by atoms with van der Waals surface area (Å²) in [5.41, 5.74) is 16.6. The summed E-state index contributed by atoms with van der Waals surface area (Å²) in [6, 6.07) is 21.4. The molecule has 6 heteroatoms. The van der Waals surface area contributed by atoms with Crippen LogP contribution in [0.15, 0.2) is 72.9 Å². The van der Waals surface area contributed by atoms with E-state index in [1.165, 1.54) is 0 Å². The number of benzene rings is 2. The number of nitrogens with one attached hydrogen (secondary N) is 1. The molecule has 2 aromatic carbocycles. The minimum Gasteiger partial charge on any atom is -0.368 e. The zero-order chi connectivity index (χ0) is 18.8. The molecule has 132 valence electrons. The Labute approximate surface area is 155 Å². The molecule has 0 aliphatic carbocycles. The third-order valence-corrected chi connectivity index (χ3v) is 4.29. The van der Waals surface area contributed by atoms with Crippen molar-refractivity contribution in [2.45, 2.75) is 0 Å². The van der Waals surface area contributed by atoms with E-state index < -0.39 is 5.91 Å². The Hall–Kier alpha value is -3.93. The highest BCUT2D eigenvalue weighted by Gasteiger charge is 2.17. The quantitative estimate of drug-likeness (QED) is 0.520. The van der Waals surface area contributed by atoms with Crippen molar-refractivity contribution in [3.63, 3.8) is 0 Å². The Morgan fingerprint density at radius 2 is 1.63 bits per heavy atom. The monoisotopic (exact) mass is 355 g/mol. The van der Waals surface area contributed by atoms with E-state index in [4.69, 9.17) is 11.5 Å².